The Morgan fingerprint density at radius 3 is 2.00 bits per heavy atom. The van der Waals surface area contributed by atoms with Crippen molar-refractivity contribution in [2.75, 3.05) is 0 Å². The Balaban J connectivity index is 1.44. The monoisotopic (exact) mass is 405 g/mol. The van der Waals surface area contributed by atoms with E-state index < -0.39 is 0 Å². The van der Waals surface area contributed by atoms with Crippen molar-refractivity contribution in [3.8, 4) is 34.0 Å². The van der Waals surface area contributed by atoms with Gasteiger partial charge in [-0.05, 0) is 62.2 Å². The maximum atomic E-state index is 4.73. The van der Waals surface area contributed by atoms with Gasteiger partial charge in [-0.25, -0.2) is 4.98 Å². The van der Waals surface area contributed by atoms with Crippen LogP contribution in [0.1, 0.15) is 16.8 Å². The zero-order valence-corrected chi connectivity index (χ0v) is 18.1. The molecule has 0 aliphatic heterocycles. The van der Waals surface area contributed by atoms with E-state index in [4.69, 9.17) is 9.97 Å². The summed E-state index contributed by atoms with van der Waals surface area (Å²) in [4.78, 5) is 18.8. The number of nitrogens with zero attached hydrogens (tertiary/aromatic N) is 5. The molecular formula is C26H23N5. The molecule has 0 atom stereocenters. The van der Waals surface area contributed by atoms with E-state index in [0.717, 1.165) is 50.8 Å². The Morgan fingerprint density at radius 2 is 1.39 bits per heavy atom. The van der Waals surface area contributed by atoms with Gasteiger partial charge < -0.3 is 4.57 Å². The second-order valence-electron chi connectivity index (χ2n) is 7.88. The molecule has 0 amide bonds. The van der Waals surface area contributed by atoms with E-state index >= 15 is 0 Å². The van der Waals surface area contributed by atoms with Crippen molar-refractivity contribution < 1.29 is 0 Å². The highest BCUT2D eigenvalue weighted by Gasteiger charge is 2.11. The number of hydrogen-bond acceptors (Lipinski definition) is 4. The van der Waals surface area contributed by atoms with Crippen molar-refractivity contribution in [2.45, 2.75) is 20.8 Å². The molecule has 0 aliphatic rings. The predicted octanol–water partition coefficient (Wildman–Crippen LogP) is 5.68. The molecule has 0 N–H and O–H groups in total. The molecule has 5 nitrogen and oxygen atoms in total. The molecular weight excluding hydrogens is 382 g/mol. The quantitative estimate of drug-likeness (QED) is 0.387. The molecule has 4 heterocycles. The van der Waals surface area contributed by atoms with Crippen molar-refractivity contribution in [3.63, 3.8) is 0 Å². The number of fused-ring (bicyclic) bond motifs is 1. The van der Waals surface area contributed by atoms with Crippen molar-refractivity contribution in [1.82, 2.24) is 24.5 Å². The third-order valence-electron chi connectivity index (χ3n) is 5.91. The number of aromatic nitrogens is 5. The largest absolute Gasteiger partial charge is 0.326 e. The summed E-state index contributed by atoms with van der Waals surface area (Å²) >= 11 is 0. The maximum absolute atomic E-state index is 4.73. The molecule has 0 spiro atoms. The Bertz CT molecular complexity index is 1370. The van der Waals surface area contributed by atoms with Gasteiger partial charge in [-0.3, -0.25) is 15.0 Å². The molecule has 4 aromatic heterocycles. The zero-order valence-electron chi connectivity index (χ0n) is 18.1. The molecule has 5 heteroatoms. The van der Waals surface area contributed by atoms with Gasteiger partial charge in [0.05, 0.1) is 22.4 Å². The molecule has 1 aromatic carbocycles. The minimum atomic E-state index is 0.849. The molecule has 0 radical (unpaired) electrons. The summed E-state index contributed by atoms with van der Waals surface area (Å²) in [6.45, 7) is 6.25. The zero-order chi connectivity index (χ0) is 21.5. The molecule has 31 heavy (non-hydrogen) atoms. The van der Waals surface area contributed by atoms with Gasteiger partial charge >= 0.3 is 0 Å². The van der Waals surface area contributed by atoms with Crippen LogP contribution in [0.2, 0.25) is 0 Å². The summed E-state index contributed by atoms with van der Waals surface area (Å²) in [5.74, 6) is 0.859. The van der Waals surface area contributed by atoms with Crippen LogP contribution in [0.15, 0.2) is 67.0 Å². The maximum Gasteiger partial charge on any atom is 0.159 e. The number of aryl methyl sites for hydroxylation is 3. The summed E-state index contributed by atoms with van der Waals surface area (Å²) in [6.07, 6.45) is 3.76. The molecule has 0 fully saturated rings. The Hall–Kier alpha value is -3.86. The number of rotatable bonds is 3. The second-order valence-corrected chi connectivity index (χ2v) is 7.88. The van der Waals surface area contributed by atoms with E-state index in [1.165, 1.54) is 11.1 Å². The van der Waals surface area contributed by atoms with Gasteiger partial charge in [-0.2, -0.15) is 0 Å². The van der Waals surface area contributed by atoms with Crippen LogP contribution in [0.5, 0.6) is 0 Å². The minimum Gasteiger partial charge on any atom is -0.326 e. The smallest absolute Gasteiger partial charge is 0.159 e. The lowest BCUT2D eigenvalue weighted by Gasteiger charge is -2.09. The normalized spacial score (nSPS) is 11.2. The highest BCUT2D eigenvalue weighted by molar-refractivity contribution is 5.80. The van der Waals surface area contributed by atoms with Crippen molar-refractivity contribution >= 4 is 11.0 Å². The van der Waals surface area contributed by atoms with Gasteiger partial charge in [0.25, 0.3) is 0 Å². The van der Waals surface area contributed by atoms with Crippen LogP contribution in [0.4, 0.5) is 0 Å². The van der Waals surface area contributed by atoms with Crippen LogP contribution in [-0.2, 0) is 7.05 Å². The average Bonchev–Trinajstić information content (AvgIpc) is 3.14. The van der Waals surface area contributed by atoms with Crippen LogP contribution in [0.3, 0.4) is 0 Å². The fourth-order valence-corrected chi connectivity index (χ4v) is 3.81. The van der Waals surface area contributed by atoms with Crippen LogP contribution in [0, 0.1) is 20.8 Å². The Kier molecular flexibility index (Phi) is 4.59. The summed E-state index contributed by atoms with van der Waals surface area (Å²) in [7, 11) is 2.02. The summed E-state index contributed by atoms with van der Waals surface area (Å²) in [5.41, 5.74) is 10.2. The SMILES string of the molecule is Cc1cc(-c2ccc(-c3ccc(-c4nc5ccccc5n4C)nc3)cn2)nc(C)c1C. The minimum absolute atomic E-state index is 0.849. The first kappa shape index (κ1) is 19.1. The van der Waals surface area contributed by atoms with Crippen molar-refractivity contribution in [1.29, 1.82) is 0 Å². The van der Waals surface area contributed by atoms with Gasteiger partial charge in [0.1, 0.15) is 5.69 Å². The summed E-state index contributed by atoms with van der Waals surface area (Å²) in [6, 6.07) is 18.4. The second kappa shape index (κ2) is 7.43. The lowest BCUT2D eigenvalue weighted by atomic mass is 10.1. The number of pyridine rings is 3. The molecule has 152 valence electrons. The third-order valence-corrected chi connectivity index (χ3v) is 5.91. The molecule has 0 saturated heterocycles. The molecule has 5 aromatic rings. The first-order valence-corrected chi connectivity index (χ1v) is 10.3. The first-order chi connectivity index (χ1) is 15.0. The van der Waals surface area contributed by atoms with Crippen molar-refractivity contribution in [2.24, 2.45) is 7.05 Å². The van der Waals surface area contributed by atoms with Gasteiger partial charge in [-0.1, -0.05) is 24.3 Å². The van der Waals surface area contributed by atoms with Crippen LogP contribution in [-0.4, -0.2) is 24.5 Å². The third kappa shape index (κ3) is 3.38. The van der Waals surface area contributed by atoms with Gasteiger partial charge in [0, 0.05) is 36.3 Å². The van der Waals surface area contributed by atoms with E-state index in [2.05, 4.69) is 52.6 Å². The number of hydrogen-bond donors (Lipinski definition) is 0. The summed E-state index contributed by atoms with van der Waals surface area (Å²) < 4.78 is 2.08. The molecule has 0 saturated carbocycles. The average molecular weight is 406 g/mol. The summed E-state index contributed by atoms with van der Waals surface area (Å²) in [5, 5.41) is 0. The van der Waals surface area contributed by atoms with Crippen LogP contribution in [0.25, 0.3) is 45.1 Å². The Morgan fingerprint density at radius 1 is 0.710 bits per heavy atom. The van der Waals surface area contributed by atoms with Crippen molar-refractivity contribution in [3.05, 3.63) is 83.8 Å². The lowest BCUT2D eigenvalue weighted by molar-refractivity contribution is 0.950. The molecule has 0 aliphatic carbocycles. The van der Waals surface area contributed by atoms with E-state index in [-0.39, 0.29) is 0 Å². The van der Waals surface area contributed by atoms with Gasteiger partial charge in [-0.15, -0.1) is 0 Å². The van der Waals surface area contributed by atoms with Gasteiger partial charge in [0.2, 0.25) is 0 Å². The standard InChI is InChI=1S/C26H23N5/c1-16-13-24(29-18(3)17(16)2)21-11-9-19(14-27-21)20-10-12-23(28-15-20)26-30-22-7-5-6-8-25(22)31(26)4/h5-15H,1-4H3. The number of imidazole rings is 1. The van der Waals surface area contributed by atoms with Crippen LogP contribution >= 0.6 is 0 Å². The van der Waals surface area contributed by atoms with E-state index in [1.807, 2.05) is 56.7 Å². The van der Waals surface area contributed by atoms with E-state index in [1.54, 1.807) is 0 Å². The fraction of sp³-hybridized carbons (Fsp3) is 0.154. The number of para-hydroxylation sites is 2. The molecule has 5 rings (SSSR count). The van der Waals surface area contributed by atoms with Gasteiger partial charge in [0.15, 0.2) is 5.82 Å². The van der Waals surface area contributed by atoms with E-state index in [9.17, 15) is 0 Å². The molecule has 0 unspecified atom stereocenters. The highest BCUT2D eigenvalue weighted by atomic mass is 15.1. The number of benzene rings is 1. The van der Waals surface area contributed by atoms with Crippen LogP contribution < -0.4 is 0 Å². The predicted molar refractivity (Wildman–Crippen MR) is 125 cm³/mol. The highest BCUT2D eigenvalue weighted by Crippen LogP contribution is 2.26. The molecule has 0 bridgehead atoms. The van der Waals surface area contributed by atoms with E-state index in [0.29, 0.717) is 0 Å². The fourth-order valence-electron chi connectivity index (χ4n) is 3.81. The Labute approximate surface area is 181 Å². The topological polar surface area (TPSA) is 56.5 Å². The lowest BCUT2D eigenvalue weighted by Crippen LogP contribution is -1.96. The first-order valence-electron chi connectivity index (χ1n) is 10.3.